The maximum atomic E-state index is 12.0. The summed E-state index contributed by atoms with van der Waals surface area (Å²) in [6, 6.07) is 9.68. The number of benzene rings is 1. The predicted molar refractivity (Wildman–Crippen MR) is 124 cm³/mol. The minimum absolute atomic E-state index is 0.00701. The molecule has 0 aliphatic carbocycles. The van der Waals surface area contributed by atoms with Crippen LogP contribution in [0.4, 0.5) is 5.69 Å². The van der Waals surface area contributed by atoms with E-state index in [1.165, 1.54) is 18.0 Å². The molecule has 0 fully saturated rings. The summed E-state index contributed by atoms with van der Waals surface area (Å²) in [6.07, 6.45) is 6.65. The van der Waals surface area contributed by atoms with Crippen molar-refractivity contribution in [1.29, 1.82) is 5.41 Å². The maximum absolute atomic E-state index is 12.0. The van der Waals surface area contributed by atoms with E-state index in [1.807, 2.05) is 40.9 Å². The summed E-state index contributed by atoms with van der Waals surface area (Å²) in [4.78, 5) is 18.9. The van der Waals surface area contributed by atoms with E-state index in [0.717, 1.165) is 26.9 Å². The quantitative estimate of drug-likeness (QED) is 0.455. The average molecular weight is 446 g/mol. The third kappa shape index (κ3) is 3.34. The number of amides is 1. The number of carbonyl (C=O) groups excluding carboxylic acids is 1. The Labute approximate surface area is 187 Å². The molecule has 0 saturated carbocycles. The number of pyridine rings is 2. The summed E-state index contributed by atoms with van der Waals surface area (Å²) in [7, 11) is 3.52. The number of hydrogen-bond donors (Lipinski definition) is 2. The number of carbonyl (C=O) groups is 1. The predicted octanol–water partition coefficient (Wildman–Crippen LogP) is 2.99. The summed E-state index contributed by atoms with van der Waals surface area (Å²) in [5.41, 5.74) is 3.79. The lowest BCUT2D eigenvalue weighted by Crippen LogP contribution is -2.35. The molecule has 9 nitrogen and oxygen atoms in total. The third-order valence-corrected chi connectivity index (χ3v) is 6.17. The van der Waals surface area contributed by atoms with Gasteiger partial charge in [-0.05, 0) is 42.1 Å². The van der Waals surface area contributed by atoms with E-state index < -0.39 is 0 Å². The molecule has 0 saturated heterocycles. The largest absolute Gasteiger partial charge is 0.481 e. The highest BCUT2D eigenvalue weighted by Crippen LogP contribution is 2.39. The molecule has 0 bridgehead atoms. The van der Waals surface area contributed by atoms with E-state index in [9.17, 15) is 4.79 Å². The van der Waals surface area contributed by atoms with Crippen LogP contribution in [0, 0.1) is 5.41 Å². The van der Waals surface area contributed by atoms with Crippen molar-refractivity contribution in [3.8, 4) is 5.75 Å². The molecule has 32 heavy (non-hydrogen) atoms. The molecule has 1 aliphatic rings. The number of likely N-dealkylation sites (N-methyl/N-ethyl adjacent to an activating group) is 1. The van der Waals surface area contributed by atoms with Crippen LogP contribution < -0.4 is 15.0 Å². The molecule has 160 valence electrons. The summed E-state index contributed by atoms with van der Waals surface area (Å²) in [5, 5.41) is 20.7. The van der Waals surface area contributed by atoms with Gasteiger partial charge in [0.25, 0.3) is 5.91 Å². The van der Waals surface area contributed by atoms with E-state index in [4.69, 9.17) is 10.1 Å². The minimum Gasteiger partial charge on any atom is -0.481 e. The lowest BCUT2D eigenvalue weighted by molar-refractivity contribution is -0.120. The highest BCUT2D eigenvalue weighted by molar-refractivity contribution is 7.99. The van der Waals surface area contributed by atoms with Crippen molar-refractivity contribution in [3.05, 3.63) is 54.5 Å². The highest BCUT2D eigenvalue weighted by Gasteiger charge is 2.25. The van der Waals surface area contributed by atoms with Crippen molar-refractivity contribution in [3.63, 3.8) is 0 Å². The van der Waals surface area contributed by atoms with Crippen molar-refractivity contribution in [2.24, 2.45) is 0 Å². The average Bonchev–Trinajstić information content (AvgIpc) is 3.21. The van der Waals surface area contributed by atoms with Crippen LogP contribution >= 0.6 is 11.8 Å². The molecule has 4 heterocycles. The second kappa shape index (κ2) is 7.97. The Morgan fingerprint density at radius 1 is 1.28 bits per heavy atom. The number of nitrogens with one attached hydrogen (secondary N) is 2. The molecule has 5 rings (SSSR count). The zero-order chi connectivity index (χ0) is 22.2. The topological polar surface area (TPSA) is 109 Å². The summed E-state index contributed by atoms with van der Waals surface area (Å²) in [5.74, 6) is 0.548. The first-order valence-electron chi connectivity index (χ1n) is 9.82. The van der Waals surface area contributed by atoms with Crippen LogP contribution in [0.1, 0.15) is 5.56 Å². The first-order valence-corrected chi connectivity index (χ1v) is 10.6. The Morgan fingerprint density at radius 2 is 2.16 bits per heavy atom. The van der Waals surface area contributed by atoms with E-state index >= 15 is 0 Å². The summed E-state index contributed by atoms with van der Waals surface area (Å²) in [6.45, 7) is 0.00701. The van der Waals surface area contributed by atoms with E-state index in [0.29, 0.717) is 22.2 Å². The van der Waals surface area contributed by atoms with Gasteiger partial charge in [-0.1, -0.05) is 0 Å². The van der Waals surface area contributed by atoms with Crippen molar-refractivity contribution in [2.75, 3.05) is 25.6 Å². The fourth-order valence-corrected chi connectivity index (χ4v) is 4.39. The van der Waals surface area contributed by atoms with Gasteiger partial charge in [-0.3, -0.25) is 14.2 Å². The van der Waals surface area contributed by atoms with Crippen LogP contribution in [-0.2, 0) is 4.79 Å². The van der Waals surface area contributed by atoms with Gasteiger partial charge >= 0.3 is 0 Å². The third-order valence-electron chi connectivity index (χ3n) is 5.22. The Balaban J connectivity index is 1.55. The smallest absolute Gasteiger partial charge is 0.264 e. The van der Waals surface area contributed by atoms with Gasteiger partial charge in [0.1, 0.15) is 5.69 Å². The normalized spacial score (nSPS) is 13.9. The van der Waals surface area contributed by atoms with Crippen LogP contribution in [0.5, 0.6) is 5.75 Å². The van der Waals surface area contributed by atoms with Gasteiger partial charge in [0.2, 0.25) is 0 Å². The molecule has 3 aromatic heterocycles. The Morgan fingerprint density at radius 3 is 2.97 bits per heavy atom. The van der Waals surface area contributed by atoms with Gasteiger partial charge in [-0.2, -0.15) is 0 Å². The Kier molecular flexibility index (Phi) is 4.98. The van der Waals surface area contributed by atoms with E-state index in [2.05, 4.69) is 20.5 Å². The standard InChI is InChI=1S/C22H19N7O2S/c1-24-9-14(8-23)13-3-6-19-26-27-22(29(19)11-13)32-15-4-5-17-16(7-15)21-18(10-25-17)28(2)20(30)12-31-21/h3-11,23-24H,12H2,1-2H3/b14-9+,23-8?. The molecule has 1 aromatic carbocycles. The molecule has 1 amide bonds. The van der Waals surface area contributed by atoms with E-state index in [1.54, 1.807) is 31.4 Å². The highest BCUT2D eigenvalue weighted by atomic mass is 32.2. The molecule has 0 unspecified atom stereocenters. The van der Waals surface area contributed by atoms with Crippen LogP contribution in [-0.4, -0.2) is 52.4 Å². The number of fused-ring (bicyclic) bond motifs is 4. The van der Waals surface area contributed by atoms with Crippen molar-refractivity contribution < 1.29 is 9.53 Å². The SMILES string of the molecule is CN/C=C(\C=N)c1ccc2nnc(Sc3ccc4ncc5c(c4c3)OCC(=O)N5C)n2c1. The molecule has 1 aliphatic heterocycles. The minimum atomic E-state index is -0.105. The van der Waals surface area contributed by atoms with Gasteiger partial charge in [0, 0.05) is 54.1 Å². The van der Waals surface area contributed by atoms with Crippen LogP contribution in [0.15, 0.2) is 59.0 Å². The van der Waals surface area contributed by atoms with Gasteiger partial charge in [-0.25, -0.2) is 0 Å². The maximum Gasteiger partial charge on any atom is 0.264 e. The number of aromatic nitrogens is 4. The molecular weight excluding hydrogens is 426 g/mol. The molecule has 0 atom stereocenters. The Hall–Kier alpha value is -3.92. The fourth-order valence-electron chi connectivity index (χ4n) is 3.54. The van der Waals surface area contributed by atoms with E-state index in [-0.39, 0.29) is 12.5 Å². The lowest BCUT2D eigenvalue weighted by atomic mass is 10.1. The number of nitrogens with zero attached hydrogens (tertiary/aromatic N) is 5. The van der Waals surface area contributed by atoms with Crippen molar-refractivity contribution in [2.45, 2.75) is 10.1 Å². The molecular formula is C22H19N7O2S. The van der Waals surface area contributed by atoms with Gasteiger partial charge in [-0.15, -0.1) is 10.2 Å². The second-order valence-electron chi connectivity index (χ2n) is 7.16. The zero-order valence-electron chi connectivity index (χ0n) is 17.4. The monoisotopic (exact) mass is 445 g/mol. The molecule has 2 N–H and O–H groups in total. The molecule has 10 heteroatoms. The number of ether oxygens (including phenoxy) is 1. The lowest BCUT2D eigenvalue weighted by Gasteiger charge is -2.26. The van der Waals surface area contributed by atoms with Crippen LogP contribution in [0.2, 0.25) is 0 Å². The van der Waals surface area contributed by atoms with Crippen molar-refractivity contribution >= 4 is 51.7 Å². The number of anilines is 1. The number of hydrogen-bond acceptors (Lipinski definition) is 8. The van der Waals surface area contributed by atoms with Gasteiger partial charge in [0.05, 0.1) is 11.7 Å². The summed E-state index contributed by atoms with van der Waals surface area (Å²) < 4.78 is 7.65. The molecule has 0 radical (unpaired) electrons. The Bertz CT molecular complexity index is 1410. The molecule has 0 spiro atoms. The van der Waals surface area contributed by atoms with Crippen LogP contribution in [0.3, 0.4) is 0 Å². The fraction of sp³-hybridized carbons (Fsp3) is 0.136. The first kappa shape index (κ1) is 20.0. The van der Waals surface area contributed by atoms with Gasteiger partial charge in [0.15, 0.2) is 23.2 Å². The first-order chi connectivity index (χ1) is 15.6. The zero-order valence-corrected chi connectivity index (χ0v) is 18.2. The number of allylic oxidation sites excluding steroid dienone is 1. The van der Waals surface area contributed by atoms with Crippen molar-refractivity contribution in [1.82, 2.24) is 24.9 Å². The number of rotatable bonds is 5. The van der Waals surface area contributed by atoms with Gasteiger partial charge < -0.3 is 20.4 Å². The second-order valence-corrected chi connectivity index (χ2v) is 8.20. The van der Waals surface area contributed by atoms with Crippen LogP contribution in [0.25, 0.3) is 22.1 Å². The molecule has 4 aromatic rings. The summed E-state index contributed by atoms with van der Waals surface area (Å²) >= 11 is 1.47.